The Bertz CT molecular complexity index is 889. The van der Waals surface area contributed by atoms with Crippen molar-refractivity contribution < 1.29 is 14.3 Å². The van der Waals surface area contributed by atoms with Crippen LogP contribution in [0.5, 0.6) is 5.75 Å². The number of carbonyl (C=O) groups is 1. The van der Waals surface area contributed by atoms with Crippen LogP contribution in [0.3, 0.4) is 0 Å². The van der Waals surface area contributed by atoms with Crippen molar-refractivity contribution in [3.8, 4) is 5.75 Å². The standard InChI is InChI=1S/C20H23N3O3/c1-15-22-17-8-4-5-9-18(17)23(15)12-11-21-20(24)16-7-3-6-10-19(16)26-14-13-25-2/h3-10H,11-14H2,1-2H3,(H,21,24). The topological polar surface area (TPSA) is 65.4 Å². The van der Waals surface area contributed by atoms with Gasteiger partial charge in [0, 0.05) is 20.2 Å². The number of aryl methyl sites for hydroxylation is 1. The van der Waals surface area contributed by atoms with Crippen LogP contribution >= 0.6 is 0 Å². The normalized spacial score (nSPS) is 10.8. The van der Waals surface area contributed by atoms with Crippen LogP contribution in [-0.4, -0.2) is 42.3 Å². The molecule has 0 unspecified atom stereocenters. The molecular formula is C20H23N3O3. The molecule has 0 radical (unpaired) electrons. The van der Waals surface area contributed by atoms with Gasteiger partial charge in [-0.15, -0.1) is 0 Å². The molecule has 0 saturated carbocycles. The third kappa shape index (κ3) is 4.03. The predicted octanol–water partition coefficient (Wildman–Crippen LogP) is 2.80. The molecule has 6 nitrogen and oxygen atoms in total. The third-order valence-electron chi connectivity index (χ3n) is 4.14. The summed E-state index contributed by atoms with van der Waals surface area (Å²) in [4.78, 5) is 17.1. The van der Waals surface area contributed by atoms with Crippen molar-refractivity contribution in [3.05, 3.63) is 59.9 Å². The number of hydrogen-bond donors (Lipinski definition) is 1. The summed E-state index contributed by atoms with van der Waals surface area (Å²) in [6.45, 7) is 4.02. The van der Waals surface area contributed by atoms with Gasteiger partial charge < -0.3 is 19.4 Å². The maximum Gasteiger partial charge on any atom is 0.255 e. The highest BCUT2D eigenvalue weighted by atomic mass is 16.5. The lowest BCUT2D eigenvalue weighted by Gasteiger charge is -2.12. The van der Waals surface area contributed by atoms with Gasteiger partial charge in [0.2, 0.25) is 0 Å². The summed E-state index contributed by atoms with van der Waals surface area (Å²) in [5.41, 5.74) is 2.56. The zero-order valence-electron chi connectivity index (χ0n) is 15.1. The number of amides is 1. The number of rotatable bonds is 8. The highest BCUT2D eigenvalue weighted by Gasteiger charge is 2.12. The molecular weight excluding hydrogens is 330 g/mol. The molecule has 0 aliphatic heterocycles. The van der Waals surface area contributed by atoms with Crippen LogP contribution in [0.4, 0.5) is 0 Å². The lowest BCUT2D eigenvalue weighted by atomic mass is 10.2. The molecule has 0 atom stereocenters. The van der Waals surface area contributed by atoms with Crippen molar-refractivity contribution >= 4 is 16.9 Å². The van der Waals surface area contributed by atoms with Crippen LogP contribution in [-0.2, 0) is 11.3 Å². The van der Waals surface area contributed by atoms with Gasteiger partial charge in [0.15, 0.2) is 0 Å². The number of imidazole rings is 1. The summed E-state index contributed by atoms with van der Waals surface area (Å²) in [6.07, 6.45) is 0. The lowest BCUT2D eigenvalue weighted by Crippen LogP contribution is -2.28. The minimum atomic E-state index is -0.153. The predicted molar refractivity (Wildman–Crippen MR) is 101 cm³/mol. The molecule has 0 fully saturated rings. The van der Waals surface area contributed by atoms with Crippen molar-refractivity contribution in [2.75, 3.05) is 26.9 Å². The molecule has 6 heteroatoms. The van der Waals surface area contributed by atoms with Gasteiger partial charge in [-0.2, -0.15) is 0 Å². The molecule has 0 spiro atoms. The first-order valence-corrected chi connectivity index (χ1v) is 8.61. The van der Waals surface area contributed by atoms with E-state index in [0.29, 0.717) is 37.6 Å². The highest BCUT2D eigenvalue weighted by molar-refractivity contribution is 5.96. The molecule has 2 aromatic carbocycles. The van der Waals surface area contributed by atoms with Crippen LogP contribution in [0.25, 0.3) is 11.0 Å². The second-order valence-electron chi connectivity index (χ2n) is 5.89. The molecule has 26 heavy (non-hydrogen) atoms. The number of benzene rings is 2. The van der Waals surface area contributed by atoms with E-state index in [9.17, 15) is 4.79 Å². The first kappa shape index (κ1) is 17.9. The van der Waals surface area contributed by atoms with E-state index in [2.05, 4.69) is 14.9 Å². The number of methoxy groups -OCH3 is 1. The Kier molecular flexibility index (Phi) is 5.86. The summed E-state index contributed by atoms with van der Waals surface area (Å²) in [7, 11) is 1.61. The minimum Gasteiger partial charge on any atom is -0.490 e. The van der Waals surface area contributed by atoms with Crippen molar-refractivity contribution in [1.82, 2.24) is 14.9 Å². The SMILES string of the molecule is COCCOc1ccccc1C(=O)NCCn1c(C)nc2ccccc21. The fraction of sp³-hybridized carbons (Fsp3) is 0.300. The van der Waals surface area contributed by atoms with Gasteiger partial charge in [-0.25, -0.2) is 4.98 Å². The Morgan fingerprint density at radius 1 is 1.12 bits per heavy atom. The summed E-state index contributed by atoms with van der Waals surface area (Å²) < 4.78 is 12.7. The first-order chi connectivity index (χ1) is 12.7. The molecule has 0 saturated heterocycles. The number of para-hydroxylation sites is 3. The minimum absolute atomic E-state index is 0.153. The average Bonchev–Trinajstić information content (AvgIpc) is 2.98. The fourth-order valence-electron chi connectivity index (χ4n) is 2.87. The zero-order chi connectivity index (χ0) is 18.4. The summed E-state index contributed by atoms with van der Waals surface area (Å²) in [5, 5.41) is 2.96. The highest BCUT2D eigenvalue weighted by Crippen LogP contribution is 2.18. The van der Waals surface area contributed by atoms with Gasteiger partial charge in [0.25, 0.3) is 5.91 Å². The number of fused-ring (bicyclic) bond motifs is 1. The largest absolute Gasteiger partial charge is 0.490 e. The van der Waals surface area contributed by atoms with E-state index < -0.39 is 0 Å². The molecule has 136 valence electrons. The maximum atomic E-state index is 12.5. The van der Waals surface area contributed by atoms with Gasteiger partial charge >= 0.3 is 0 Å². The third-order valence-corrected chi connectivity index (χ3v) is 4.14. The molecule has 1 amide bonds. The number of ether oxygens (including phenoxy) is 2. The fourth-order valence-corrected chi connectivity index (χ4v) is 2.87. The van der Waals surface area contributed by atoms with Gasteiger partial charge in [-0.05, 0) is 31.2 Å². The average molecular weight is 353 g/mol. The first-order valence-electron chi connectivity index (χ1n) is 8.61. The van der Waals surface area contributed by atoms with Crippen LogP contribution < -0.4 is 10.1 Å². The van der Waals surface area contributed by atoms with E-state index in [-0.39, 0.29) is 5.91 Å². The molecule has 0 bridgehead atoms. The van der Waals surface area contributed by atoms with E-state index in [0.717, 1.165) is 16.9 Å². The molecule has 1 aromatic heterocycles. The summed E-state index contributed by atoms with van der Waals surface area (Å²) >= 11 is 0. The van der Waals surface area contributed by atoms with Crippen molar-refractivity contribution in [3.63, 3.8) is 0 Å². The van der Waals surface area contributed by atoms with E-state index >= 15 is 0 Å². The second-order valence-corrected chi connectivity index (χ2v) is 5.89. The van der Waals surface area contributed by atoms with E-state index in [4.69, 9.17) is 9.47 Å². The Labute approximate surface area is 152 Å². The number of nitrogens with one attached hydrogen (secondary N) is 1. The van der Waals surface area contributed by atoms with Gasteiger partial charge in [0.05, 0.1) is 23.2 Å². The smallest absolute Gasteiger partial charge is 0.255 e. The van der Waals surface area contributed by atoms with Crippen molar-refractivity contribution in [1.29, 1.82) is 0 Å². The molecule has 1 heterocycles. The number of aromatic nitrogens is 2. The van der Waals surface area contributed by atoms with Crippen LogP contribution in [0.2, 0.25) is 0 Å². The summed E-state index contributed by atoms with van der Waals surface area (Å²) in [5.74, 6) is 1.34. The Hall–Kier alpha value is -2.86. The van der Waals surface area contributed by atoms with E-state index in [1.165, 1.54) is 0 Å². The van der Waals surface area contributed by atoms with Gasteiger partial charge in [-0.3, -0.25) is 4.79 Å². The Morgan fingerprint density at radius 3 is 2.73 bits per heavy atom. The summed E-state index contributed by atoms with van der Waals surface area (Å²) in [6, 6.07) is 15.2. The molecule has 3 aromatic rings. The maximum absolute atomic E-state index is 12.5. The van der Waals surface area contributed by atoms with Crippen LogP contribution in [0.15, 0.2) is 48.5 Å². The Morgan fingerprint density at radius 2 is 1.88 bits per heavy atom. The molecule has 3 rings (SSSR count). The van der Waals surface area contributed by atoms with E-state index in [1.807, 2.05) is 43.3 Å². The van der Waals surface area contributed by atoms with Crippen molar-refractivity contribution in [2.24, 2.45) is 0 Å². The van der Waals surface area contributed by atoms with Gasteiger partial charge in [0.1, 0.15) is 18.2 Å². The van der Waals surface area contributed by atoms with E-state index in [1.54, 1.807) is 19.2 Å². The molecule has 0 aliphatic carbocycles. The van der Waals surface area contributed by atoms with Gasteiger partial charge in [-0.1, -0.05) is 24.3 Å². The van der Waals surface area contributed by atoms with Crippen LogP contribution in [0.1, 0.15) is 16.2 Å². The quantitative estimate of drug-likeness (QED) is 0.633. The number of carbonyl (C=O) groups excluding carboxylic acids is 1. The molecule has 1 N–H and O–H groups in total. The van der Waals surface area contributed by atoms with Crippen LogP contribution in [0, 0.1) is 6.92 Å². The number of nitrogens with zero attached hydrogens (tertiary/aromatic N) is 2. The monoisotopic (exact) mass is 353 g/mol. The lowest BCUT2D eigenvalue weighted by molar-refractivity contribution is 0.0944. The second kappa shape index (κ2) is 8.49. The number of hydrogen-bond acceptors (Lipinski definition) is 4. The van der Waals surface area contributed by atoms with Crippen molar-refractivity contribution in [2.45, 2.75) is 13.5 Å². The zero-order valence-corrected chi connectivity index (χ0v) is 15.1. The Balaban J connectivity index is 1.63. The molecule has 0 aliphatic rings.